The highest BCUT2D eigenvalue weighted by molar-refractivity contribution is 5.93. The fourth-order valence-corrected chi connectivity index (χ4v) is 1.13. The van der Waals surface area contributed by atoms with Crippen molar-refractivity contribution in [1.82, 2.24) is 4.98 Å². The van der Waals surface area contributed by atoms with E-state index in [1.165, 1.54) is 12.8 Å². The van der Waals surface area contributed by atoms with Crippen molar-refractivity contribution in [2.24, 2.45) is 5.73 Å². The molecule has 14 heavy (non-hydrogen) atoms. The molecule has 4 nitrogen and oxygen atoms in total. The first-order chi connectivity index (χ1) is 6.25. The first-order valence-electron chi connectivity index (χ1n) is 4.33. The van der Waals surface area contributed by atoms with Crippen LogP contribution in [0.25, 0.3) is 0 Å². The van der Waals surface area contributed by atoms with Gasteiger partial charge < -0.3 is 11.1 Å². The van der Waals surface area contributed by atoms with Crippen molar-refractivity contribution in [3.05, 3.63) is 24.0 Å². The molecular formula is C9H13ClN4. The third-order valence-electron chi connectivity index (χ3n) is 1.98. The van der Waals surface area contributed by atoms with Crippen LogP contribution in [0.3, 0.4) is 0 Å². The Morgan fingerprint density at radius 2 is 2.29 bits per heavy atom. The molecule has 0 saturated heterocycles. The van der Waals surface area contributed by atoms with E-state index in [0.29, 0.717) is 11.7 Å². The Morgan fingerprint density at radius 1 is 1.57 bits per heavy atom. The number of hydrogen-bond donors (Lipinski definition) is 3. The Hall–Kier alpha value is -1.29. The molecule has 4 N–H and O–H groups in total. The Bertz CT molecular complexity index is 335. The van der Waals surface area contributed by atoms with Gasteiger partial charge in [0.25, 0.3) is 0 Å². The van der Waals surface area contributed by atoms with Gasteiger partial charge in [-0.15, -0.1) is 12.4 Å². The summed E-state index contributed by atoms with van der Waals surface area (Å²) < 4.78 is 0. The molecule has 1 aliphatic rings. The SMILES string of the molecule is Cl.N=C(N)c1cc(NC2CC2)ccn1. The van der Waals surface area contributed by atoms with Crippen LogP contribution in [0, 0.1) is 5.41 Å². The predicted molar refractivity (Wildman–Crippen MR) is 59.1 cm³/mol. The van der Waals surface area contributed by atoms with Crippen LogP contribution >= 0.6 is 12.4 Å². The van der Waals surface area contributed by atoms with E-state index < -0.39 is 0 Å². The smallest absolute Gasteiger partial charge is 0.141 e. The fraction of sp³-hybridized carbons (Fsp3) is 0.333. The molecule has 1 aliphatic carbocycles. The average molecular weight is 213 g/mol. The summed E-state index contributed by atoms with van der Waals surface area (Å²) in [5.74, 6) is 0.0134. The van der Waals surface area contributed by atoms with E-state index in [0.717, 1.165) is 5.69 Å². The summed E-state index contributed by atoms with van der Waals surface area (Å²) in [5.41, 5.74) is 6.86. The van der Waals surface area contributed by atoms with Crippen LogP contribution in [0.15, 0.2) is 18.3 Å². The molecule has 1 aromatic rings. The van der Waals surface area contributed by atoms with Crippen molar-refractivity contribution in [3.63, 3.8) is 0 Å². The lowest BCUT2D eigenvalue weighted by molar-refractivity contribution is 1.14. The minimum Gasteiger partial charge on any atom is -0.382 e. The molecule has 1 fully saturated rings. The molecule has 0 aromatic carbocycles. The van der Waals surface area contributed by atoms with Crippen LogP contribution in [0.2, 0.25) is 0 Å². The summed E-state index contributed by atoms with van der Waals surface area (Å²) in [6, 6.07) is 4.31. The lowest BCUT2D eigenvalue weighted by atomic mass is 10.3. The number of nitrogens with two attached hydrogens (primary N) is 1. The first-order valence-corrected chi connectivity index (χ1v) is 4.33. The summed E-state index contributed by atoms with van der Waals surface area (Å²) in [6.45, 7) is 0. The molecule has 0 atom stereocenters. The van der Waals surface area contributed by atoms with E-state index in [1.807, 2.05) is 6.07 Å². The Kier molecular flexibility index (Phi) is 3.30. The van der Waals surface area contributed by atoms with Gasteiger partial charge in [-0.1, -0.05) is 0 Å². The minimum atomic E-state index is 0. The summed E-state index contributed by atoms with van der Waals surface area (Å²) in [4.78, 5) is 3.98. The second-order valence-corrected chi connectivity index (χ2v) is 3.26. The van der Waals surface area contributed by atoms with Crippen molar-refractivity contribution in [3.8, 4) is 0 Å². The van der Waals surface area contributed by atoms with Gasteiger partial charge in [-0.3, -0.25) is 10.4 Å². The van der Waals surface area contributed by atoms with Gasteiger partial charge in [0, 0.05) is 17.9 Å². The molecule has 1 heterocycles. The van der Waals surface area contributed by atoms with Crippen LogP contribution in [-0.2, 0) is 0 Å². The normalized spacial score (nSPS) is 14.3. The van der Waals surface area contributed by atoms with Crippen LogP contribution in [0.5, 0.6) is 0 Å². The molecule has 0 bridgehead atoms. The standard InChI is InChI=1S/C9H12N4.ClH/c10-9(11)8-5-7(3-4-12-8)13-6-1-2-6;/h3-6H,1-2H2,(H3,10,11)(H,12,13);1H. The fourth-order valence-electron chi connectivity index (χ4n) is 1.13. The van der Waals surface area contributed by atoms with E-state index in [2.05, 4.69) is 10.3 Å². The maximum atomic E-state index is 7.22. The zero-order valence-electron chi connectivity index (χ0n) is 7.66. The maximum absolute atomic E-state index is 7.22. The third kappa shape index (κ3) is 2.60. The Morgan fingerprint density at radius 3 is 2.86 bits per heavy atom. The lowest BCUT2D eigenvalue weighted by Gasteiger charge is -2.04. The average Bonchev–Trinajstić information content (AvgIpc) is 2.89. The number of amidine groups is 1. The molecule has 5 heteroatoms. The second-order valence-electron chi connectivity index (χ2n) is 3.26. The molecule has 76 valence electrons. The molecule has 0 spiro atoms. The maximum Gasteiger partial charge on any atom is 0.141 e. The number of halogens is 1. The molecular weight excluding hydrogens is 200 g/mol. The van der Waals surface area contributed by atoms with Crippen LogP contribution in [0.1, 0.15) is 18.5 Å². The number of hydrogen-bond acceptors (Lipinski definition) is 3. The summed E-state index contributed by atoms with van der Waals surface area (Å²) in [6.07, 6.45) is 4.14. The largest absolute Gasteiger partial charge is 0.382 e. The molecule has 1 aromatic heterocycles. The van der Waals surface area contributed by atoms with E-state index in [9.17, 15) is 0 Å². The quantitative estimate of drug-likeness (QED) is 0.523. The number of rotatable bonds is 3. The highest BCUT2D eigenvalue weighted by atomic mass is 35.5. The summed E-state index contributed by atoms with van der Waals surface area (Å²) in [5, 5.41) is 10.5. The van der Waals surface area contributed by atoms with E-state index >= 15 is 0 Å². The van der Waals surface area contributed by atoms with Gasteiger partial charge in [-0.25, -0.2) is 0 Å². The lowest BCUT2D eigenvalue weighted by Crippen LogP contribution is -2.13. The van der Waals surface area contributed by atoms with Crippen LogP contribution in [-0.4, -0.2) is 16.9 Å². The van der Waals surface area contributed by atoms with Crippen molar-refractivity contribution < 1.29 is 0 Å². The van der Waals surface area contributed by atoms with Gasteiger partial charge in [0.15, 0.2) is 0 Å². The van der Waals surface area contributed by atoms with Gasteiger partial charge in [-0.05, 0) is 25.0 Å². The zero-order valence-corrected chi connectivity index (χ0v) is 8.47. The van der Waals surface area contributed by atoms with Gasteiger partial charge in [-0.2, -0.15) is 0 Å². The van der Waals surface area contributed by atoms with Crippen molar-refractivity contribution >= 4 is 23.9 Å². The zero-order chi connectivity index (χ0) is 9.26. The highest BCUT2D eigenvalue weighted by Gasteiger charge is 2.20. The third-order valence-corrected chi connectivity index (χ3v) is 1.98. The topological polar surface area (TPSA) is 74.8 Å². The van der Waals surface area contributed by atoms with Gasteiger partial charge >= 0.3 is 0 Å². The monoisotopic (exact) mass is 212 g/mol. The predicted octanol–water partition coefficient (Wildman–Crippen LogP) is 1.36. The Labute approximate surface area is 88.8 Å². The number of nitrogens with zero attached hydrogens (tertiary/aromatic N) is 1. The molecule has 0 unspecified atom stereocenters. The van der Waals surface area contributed by atoms with E-state index in [1.54, 1.807) is 12.3 Å². The van der Waals surface area contributed by atoms with Crippen molar-refractivity contribution in [2.45, 2.75) is 18.9 Å². The summed E-state index contributed by atoms with van der Waals surface area (Å²) in [7, 11) is 0. The molecule has 0 radical (unpaired) electrons. The molecule has 2 rings (SSSR count). The van der Waals surface area contributed by atoms with Gasteiger partial charge in [0.05, 0.1) is 0 Å². The number of anilines is 1. The molecule has 0 aliphatic heterocycles. The molecule has 1 saturated carbocycles. The van der Waals surface area contributed by atoms with Crippen LogP contribution < -0.4 is 11.1 Å². The first kappa shape index (κ1) is 10.8. The number of pyridine rings is 1. The van der Waals surface area contributed by atoms with Gasteiger partial charge in [0.1, 0.15) is 11.5 Å². The number of nitrogen functional groups attached to an aromatic ring is 1. The number of nitrogens with one attached hydrogen (secondary N) is 2. The molecule has 0 amide bonds. The van der Waals surface area contributed by atoms with Crippen molar-refractivity contribution in [2.75, 3.05) is 5.32 Å². The Balaban J connectivity index is 0.000000980. The van der Waals surface area contributed by atoms with E-state index in [-0.39, 0.29) is 18.2 Å². The van der Waals surface area contributed by atoms with Gasteiger partial charge in [0.2, 0.25) is 0 Å². The highest BCUT2D eigenvalue weighted by Crippen LogP contribution is 2.24. The summed E-state index contributed by atoms with van der Waals surface area (Å²) >= 11 is 0. The number of aromatic nitrogens is 1. The van der Waals surface area contributed by atoms with E-state index in [4.69, 9.17) is 11.1 Å². The van der Waals surface area contributed by atoms with Crippen LogP contribution in [0.4, 0.5) is 5.69 Å². The van der Waals surface area contributed by atoms with Crippen molar-refractivity contribution in [1.29, 1.82) is 5.41 Å². The minimum absolute atomic E-state index is 0. The second kappa shape index (κ2) is 4.28.